The van der Waals surface area contributed by atoms with E-state index < -0.39 is 0 Å². The summed E-state index contributed by atoms with van der Waals surface area (Å²) in [5.41, 5.74) is 1.84. The van der Waals surface area contributed by atoms with E-state index in [0.29, 0.717) is 18.2 Å². The second-order valence-electron chi connectivity index (χ2n) is 6.36. The molecule has 0 spiro atoms. The first kappa shape index (κ1) is 15.8. The minimum Gasteiger partial charge on any atom is -0.467 e. The Balaban J connectivity index is 1.54. The van der Waals surface area contributed by atoms with Crippen molar-refractivity contribution in [3.8, 4) is 0 Å². The maximum Gasteiger partial charge on any atom is 0.251 e. The quantitative estimate of drug-likeness (QED) is 0.858. The zero-order valence-electron chi connectivity index (χ0n) is 13.5. The summed E-state index contributed by atoms with van der Waals surface area (Å²) < 4.78 is 5.22. The molecule has 1 fully saturated rings. The summed E-state index contributed by atoms with van der Waals surface area (Å²) in [6.07, 6.45) is 5.49. The molecule has 2 unspecified atom stereocenters. The first-order valence-corrected chi connectivity index (χ1v) is 8.35. The maximum atomic E-state index is 12.2. The second-order valence-corrected chi connectivity index (χ2v) is 6.36. The molecule has 0 saturated heterocycles. The van der Waals surface area contributed by atoms with Crippen molar-refractivity contribution in [2.75, 3.05) is 0 Å². The number of carbonyl (C=O) groups is 1. The molecule has 1 aromatic heterocycles. The van der Waals surface area contributed by atoms with Crippen molar-refractivity contribution in [2.24, 2.45) is 5.92 Å². The smallest absolute Gasteiger partial charge is 0.251 e. The lowest BCUT2D eigenvalue weighted by atomic mass is 10.1. The molecule has 1 aliphatic rings. The molecule has 1 heterocycles. The Morgan fingerprint density at radius 1 is 1.22 bits per heavy atom. The van der Waals surface area contributed by atoms with Gasteiger partial charge in [0.2, 0.25) is 0 Å². The van der Waals surface area contributed by atoms with Crippen LogP contribution in [0.3, 0.4) is 0 Å². The number of nitrogens with one attached hydrogen (secondary N) is 2. The van der Waals surface area contributed by atoms with Crippen molar-refractivity contribution in [3.63, 3.8) is 0 Å². The van der Waals surface area contributed by atoms with Gasteiger partial charge in [-0.15, -0.1) is 0 Å². The van der Waals surface area contributed by atoms with Crippen LogP contribution in [0.15, 0.2) is 47.1 Å². The van der Waals surface area contributed by atoms with Crippen LogP contribution in [-0.4, -0.2) is 11.9 Å². The molecule has 4 nitrogen and oxygen atoms in total. The fourth-order valence-corrected chi connectivity index (χ4v) is 3.20. The van der Waals surface area contributed by atoms with Crippen molar-refractivity contribution in [1.82, 2.24) is 10.6 Å². The topological polar surface area (TPSA) is 54.3 Å². The van der Waals surface area contributed by atoms with Crippen molar-refractivity contribution in [1.29, 1.82) is 0 Å². The third-order valence-electron chi connectivity index (χ3n) is 4.62. The summed E-state index contributed by atoms with van der Waals surface area (Å²) in [7, 11) is 0. The highest BCUT2D eigenvalue weighted by Gasteiger charge is 2.22. The molecule has 3 rings (SSSR count). The summed E-state index contributed by atoms with van der Waals surface area (Å²) in [6.45, 7) is 3.53. The first-order valence-electron chi connectivity index (χ1n) is 8.35. The van der Waals surface area contributed by atoms with Crippen molar-refractivity contribution >= 4 is 5.91 Å². The fraction of sp³-hybridized carbons (Fsp3) is 0.421. The van der Waals surface area contributed by atoms with Gasteiger partial charge in [-0.25, -0.2) is 0 Å². The van der Waals surface area contributed by atoms with Gasteiger partial charge in [-0.1, -0.05) is 25.5 Å². The highest BCUT2D eigenvalue weighted by Crippen LogP contribution is 2.25. The Labute approximate surface area is 137 Å². The number of furan rings is 1. The Morgan fingerprint density at radius 3 is 2.87 bits per heavy atom. The van der Waals surface area contributed by atoms with Gasteiger partial charge in [0, 0.05) is 18.2 Å². The highest BCUT2D eigenvalue weighted by molar-refractivity contribution is 5.94. The Morgan fingerprint density at radius 2 is 2.13 bits per heavy atom. The van der Waals surface area contributed by atoms with E-state index in [1.807, 2.05) is 30.3 Å². The second kappa shape index (κ2) is 7.47. The number of benzene rings is 1. The van der Waals surface area contributed by atoms with Crippen LogP contribution >= 0.6 is 0 Å². The van der Waals surface area contributed by atoms with Gasteiger partial charge >= 0.3 is 0 Å². The Kier molecular flexibility index (Phi) is 5.13. The van der Waals surface area contributed by atoms with E-state index >= 15 is 0 Å². The number of carbonyl (C=O) groups excluding carboxylic acids is 1. The molecular weight excluding hydrogens is 288 g/mol. The lowest BCUT2D eigenvalue weighted by Gasteiger charge is -2.17. The lowest BCUT2D eigenvalue weighted by molar-refractivity contribution is 0.0948. The molecule has 4 heteroatoms. The molecule has 1 saturated carbocycles. The highest BCUT2D eigenvalue weighted by atomic mass is 16.3. The van der Waals surface area contributed by atoms with Crippen LogP contribution in [0.25, 0.3) is 0 Å². The van der Waals surface area contributed by atoms with E-state index in [1.54, 1.807) is 6.26 Å². The molecule has 0 aliphatic heterocycles. The van der Waals surface area contributed by atoms with E-state index in [9.17, 15) is 4.79 Å². The third-order valence-corrected chi connectivity index (χ3v) is 4.62. The molecule has 0 bridgehead atoms. The van der Waals surface area contributed by atoms with Gasteiger partial charge in [-0.3, -0.25) is 4.79 Å². The van der Waals surface area contributed by atoms with Gasteiger partial charge in [0.05, 0.1) is 12.8 Å². The molecule has 122 valence electrons. The normalized spacial score (nSPS) is 20.6. The van der Waals surface area contributed by atoms with E-state index in [4.69, 9.17) is 4.42 Å². The van der Waals surface area contributed by atoms with Crippen molar-refractivity contribution in [2.45, 2.75) is 45.3 Å². The van der Waals surface area contributed by atoms with Crippen LogP contribution in [0.1, 0.15) is 47.9 Å². The van der Waals surface area contributed by atoms with Gasteiger partial charge in [-0.2, -0.15) is 0 Å². The minimum absolute atomic E-state index is 0.0718. The average Bonchev–Trinajstić information content (AvgIpc) is 3.22. The number of hydrogen-bond acceptors (Lipinski definition) is 3. The summed E-state index contributed by atoms with van der Waals surface area (Å²) in [6, 6.07) is 12.1. The van der Waals surface area contributed by atoms with Gasteiger partial charge in [0.1, 0.15) is 5.76 Å². The largest absolute Gasteiger partial charge is 0.467 e. The van der Waals surface area contributed by atoms with Gasteiger partial charge in [0.15, 0.2) is 0 Å². The molecule has 2 N–H and O–H groups in total. The molecular formula is C19H24N2O2. The number of amides is 1. The number of hydrogen-bond donors (Lipinski definition) is 2. The van der Waals surface area contributed by atoms with Crippen LogP contribution in [0, 0.1) is 5.92 Å². The average molecular weight is 312 g/mol. The van der Waals surface area contributed by atoms with Gasteiger partial charge in [0.25, 0.3) is 5.91 Å². The van der Waals surface area contributed by atoms with Crippen LogP contribution in [-0.2, 0) is 13.1 Å². The molecule has 1 aromatic carbocycles. The summed E-state index contributed by atoms with van der Waals surface area (Å²) in [5.74, 6) is 1.43. The molecule has 1 aliphatic carbocycles. The van der Waals surface area contributed by atoms with E-state index in [0.717, 1.165) is 23.8 Å². The zero-order valence-corrected chi connectivity index (χ0v) is 13.5. The molecule has 2 aromatic rings. The first-order chi connectivity index (χ1) is 11.2. The van der Waals surface area contributed by atoms with Crippen molar-refractivity contribution < 1.29 is 9.21 Å². The van der Waals surface area contributed by atoms with Crippen LogP contribution in [0.5, 0.6) is 0 Å². The zero-order chi connectivity index (χ0) is 16.1. The third kappa shape index (κ3) is 4.23. The van der Waals surface area contributed by atoms with E-state index in [-0.39, 0.29) is 5.91 Å². The van der Waals surface area contributed by atoms with Crippen LogP contribution < -0.4 is 10.6 Å². The standard InChI is InChI=1S/C19H24N2O2/c1-14-5-2-9-18(14)20-12-15-6-3-7-16(11-15)19(22)21-13-17-8-4-10-23-17/h3-4,6-8,10-11,14,18,20H,2,5,9,12-13H2,1H3,(H,21,22). The van der Waals surface area contributed by atoms with Crippen LogP contribution in [0.2, 0.25) is 0 Å². The van der Waals surface area contributed by atoms with E-state index in [2.05, 4.69) is 23.6 Å². The lowest BCUT2D eigenvalue weighted by Crippen LogP contribution is -2.30. The fourth-order valence-electron chi connectivity index (χ4n) is 3.20. The maximum absolute atomic E-state index is 12.2. The minimum atomic E-state index is -0.0718. The predicted octanol–water partition coefficient (Wildman–Crippen LogP) is 3.49. The van der Waals surface area contributed by atoms with Crippen LogP contribution in [0.4, 0.5) is 0 Å². The van der Waals surface area contributed by atoms with Gasteiger partial charge < -0.3 is 15.1 Å². The number of rotatable bonds is 6. The SMILES string of the molecule is CC1CCCC1NCc1cccc(C(=O)NCc2ccco2)c1. The van der Waals surface area contributed by atoms with Gasteiger partial charge in [-0.05, 0) is 48.6 Å². The van der Waals surface area contributed by atoms with Crippen molar-refractivity contribution in [3.05, 3.63) is 59.5 Å². The monoisotopic (exact) mass is 312 g/mol. The Bertz CT molecular complexity index is 637. The predicted molar refractivity (Wildman–Crippen MR) is 90.0 cm³/mol. The summed E-state index contributed by atoms with van der Waals surface area (Å²) in [5, 5.41) is 6.50. The summed E-state index contributed by atoms with van der Waals surface area (Å²) in [4.78, 5) is 12.2. The molecule has 0 radical (unpaired) electrons. The molecule has 1 amide bonds. The van der Waals surface area contributed by atoms with E-state index in [1.165, 1.54) is 19.3 Å². The molecule has 23 heavy (non-hydrogen) atoms. The summed E-state index contributed by atoms with van der Waals surface area (Å²) >= 11 is 0. The molecule has 2 atom stereocenters. The Hall–Kier alpha value is -2.07.